The molecular formula is C11H13NOS. The van der Waals surface area contributed by atoms with E-state index in [2.05, 4.69) is 6.92 Å². The minimum absolute atomic E-state index is 0.127. The van der Waals surface area contributed by atoms with Gasteiger partial charge >= 0.3 is 0 Å². The molecule has 0 aliphatic carbocycles. The fraction of sp³-hybridized carbons (Fsp3) is 0.273. The first kappa shape index (κ1) is 9.49. The first-order chi connectivity index (χ1) is 6.76. The largest absolute Gasteiger partial charge is 0.399 e. The van der Waals surface area contributed by atoms with Gasteiger partial charge in [0.05, 0.1) is 6.61 Å². The number of fused-ring (bicyclic) bond motifs is 1. The van der Waals surface area contributed by atoms with Crippen molar-refractivity contribution < 1.29 is 5.11 Å². The lowest BCUT2D eigenvalue weighted by Crippen LogP contribution is -1.87. The molecule has 3 heteroatoms. The third kappa shape index (κ3) is 1.38. The topological polar surface area (TPSA) is 46.2 Å². The normalized spacial score (nSPS) is 11.0. The summed E-state index contributed by atoms with van der Waals surface area (Å²) < 4.78 is 1.21. The van der Waals surface area contributed by atoms with E-state index in [9.17, 15) is 5.11 Å². The van der Waals surface area contributed by atoms with E-state index in [-0.39, 0.29) is 6.61 Å². The van der Waals surface area contributed by atoms with E-state index in [4.69, 9.17) is 5.73 Å². The number of aryl methyl sites for hydroxylation is 1. The summed E-state index contributed by atoms with van der Waals surface area (Å²) in [5, 5.41) is 10.4. The smallest absolute Gasteiger partial charge is 0.0777 e. The molecule has 14 heavy (non-hydrogen) atoms. The fourth-order valence-electron chi connectivity index (χ4n) is 1.73. The van der Waals surface area contributed by atoms with Gasteiger partial charge in [-0.1, -0.05) is 6.92 Å². The number of hydrogen-bond acceptors (Lipinski definition) is 3. The average Bonchev–Trinajstić information content (AvgIpc) is 2.54. The van der Waals surface area contributed by atoms with Crippen LogP contribution in [0.4, 0.5) is 5.69 Å². The van der Waals surface area contributed by atoms with Crippen molar-refractivity contribution in [1.82, 2.24) is 0 Å². The molecule has 2 rings (SSSR count). The maximum absolute atomic E-state index is 9.20. The maximum atomic E-state index is 9.20. The van der Waals surface area contributed by atoms with E-state index in [1.165, 1.54) is 15.6 Å². The van der Waals surface area contributed by atoms with Crippen molar-refractivity contribution in [2.45, 2.75) is 20.0 Å². The zero-order chi connectivity index (χ0) is 10.1. The Hall–Kier alpha value is -1.06. The Balaban J connectivity index is 2.74. The molecular weight excluding hydrogens is 194 g/mol. The molecule has 0 saturated carbocycles. The van der Waals surface area contributed by atoms with Gasteiger partial charge in [0.1, 0.15) is 0 Å². The number of rotatable bonds is 2. The van der Waals surface area contributed by atoms with Gasteiger partial charge in [0.2, 0.25) is 0 Å². The maximum Gasteiger partial charge on any atom is 0.0777 e. The number of aliphatic hydroxyl groups excluding tert-OH is 1. The van der Waals surface area contributed by atoms with Crippen molar-refractivity contribution in [3.8, 4) is 0 Å². The Morgan fingerprint density at radius 1 is 1.43 bits per heavy atom. The molecule has 0 aliphatic heterocycles. The molecule has 0 atom stereocenters. The van der Waals surface area contributed by atoms with Crippen LogP contribution in [0.3, 0.4) is 0 Å². The summed E-state index contributed by atoms with van der Waals surface area (Å²) in [7, 11) is 0. The van der Waals surface area contributed by atoms with E-state index in [1.54, 1.807) is 11.3 Å². The third-order valence-corrected chi connectivity index (χ3v) is 3.59. The summed E-state index contributed by atoms with van der Waals surface area (Å²) in [4.78, 5) is 1.06. The quantitative estimate of drug-likeness (QED) is 0.743. The summed E-state index contributed by atoms with van der Waals surface area (Å²) >= 11 is 1.65. The van der Waals surface area contributed by atoms with Crippen LogP contribution >= 0.6 is 11.3 Å². The lowest BCUT2D eigenvalue weighted by atomic mass is 10.1. The summed E-state index contributed by atoms with van der Waals surface area (Å²) in [5.41, 5.74) is 7.76. The number of nitrogens with two attached hydrogens (primary N) is 1. The van der Waals surface area contributed by atoms with Gasteiger partial charge < -0.3 is 10.8 Å². The Morgan fingerprint density at radius 2 is 2.21 bits per heavy atom. The van der Waals surface area contributed by atoms with Crippen LogP contribution in [-0.4, -0.2) is 5.11 Å². The van der Waals surface area contributed by atoms with E-state index in [0.29, 0.717) is 0 Å². The highest BCUT2D eigenvalue weighted by molar-refractivity contribution is 7.19. The van der Waals surface area contributed by atoms with Crippen LogP contribution in [0.15, 0.2) is 18.2 Å². The first-order valence-corrected chi connectivity index (χ1v) is 5.48. The lowest BCUT2D eigenvalue weighted by Gasteiger charge is -1.98. The van der Waals surface area contributed by atoms with Gasteiger partial charge in [0.25, 0.3) is 0 Å². The Morgan fingerprint density at radius 3 is 2.86 bits per heavy atom. The van der Waals surface area contributed by atoms with Gasteiger partial charge in [-0.25, -0.2) is 0 Å². The predicted molar refractivity (Wildman–Crippen MR) is 61.5 cm³/mol. The number of thiophene rings is 1. The van der Waals surface area contributed by atoms with E-state index >= 15 is 0 Å². The van der Waals surface area contributed by atoms with Crippen LogP contribution in [0.5, 0.6) is 0 Å². The van der Waals surface area contributed by atoms with Crippen molar-refractivity contribution >= 4 is 27.1 Å². The number of hydrogen-bond donors (Lipinski definition) is 2. The molecule has 2 nitrogen and oxygen atoms in total. The van der Waals surface area contributed by atoms with Crippen molar-refractivity contribution in [3.63, 3.8) is 0 Å². The molecule has 1 aromatic heterocycles. The second kappa shape index (κ2) is 3.59. The molecule has 0 bridgehead atoms. The highest BCUT2D eigenvalue weighted by atomic mass is 32.1. The third-order valence-electron chi connectivity index (χ3n) is 2.40. The summed E-state index contributed by atoms with van der Waals surface area (Å²) in [5.74, 6) is 0. The lowest BCUT2D eigenvalue weighted by molar-refractivity contribution is 0.284. The van der Waals surface area contributed by atoms with Gasteiger partial charge in [-0.2, -0.15) is 0 Å². The Kier molecular flexibility index (Phi) is 2.44. The standard InChI is InChI=1S/C11H13NOS/c1-2-8-9-5-7(12)3-4-10(9)14-11(8)6-13/h3-5,13H,2,6,12H2,1H3. The zero-order valence-corrected chi connectivity index (χ0v) is 8.90. The fourth-order valence-corrected chi connectivity index (χ4v) is 2.87. The van der Waals surface area contributed by atoms with E-state index in [0.717, 1.165) is 17.0 Å². The predicted octanol–water partition coefficient (Wildman–Crippen LogP) is 2.54. The molecule has 0 spiro atoms. The molecule has 74 valence electrons. The second-order valence-corrected chi connectivity index (χ2v) is 4.41. The summed E-state index contributed by atoms with van der Waals surface area (Å²) in [6.07, 6.45) is 0.944. The van der Waals surface area contributed by atoms with Crippen LogP contribution in [0.2, 0.25) is 0 Å². The molecule has 0 radical (unpaired) electrons. The molecule has 0 aliphatic rings. The average molecular weight is 207 g/mol. The van der Waals surface area contributed by atoms with Crippen LogP contribution in [0.25, 0.3) is 10.1 Å². The molecule has 0 saturated heterocycles. The highest BCUT2D eigenvalue weighted by Crippen LogP contribution is 2.32. The van der Waals surface area contributed by atoms with Gasteiger partial charge in [0.15, 0.2) is 0 Å². The van der Waals surface area contributed by atoms with Gasteiger partial charge in [-0.3, -0.25) is 0 Å². The number of nitrogen functional groups attached to an aromatic ring is 1. The van der Waals surface area contributed by atoms with Crippen molar-refractivity contribution in [3.05, 3.63) is 28.6 Å². The van der Waals surface area contributed by atoms with Crippen LogP contribution in [0, 0.1) is 0 Å². The first-order valence-electron chi connectivity index (χ1n) is 4.67. The highest BCUT2D eigenvalue weighted by Gasteiger charge is 2.09. The van der Waals surface area contributed by atoms with Crippen molar-refractivity contribution in [2.75, 3.05) is 5.73 Å². The van der Waals surface area contributed by atoms with Crippen LogP contribution in [-0.2, 0) is 13.0 Å². The zero-order valence-electron chi connectivity index (χ0n) is 8.08. The minimum atomic E-state index is 0.127. The molecule has 2 aromatic rings. The van der Waals surface area contributed by atoms with E-state index < -0.39 is 0 Å². The Bertz CT molecular complexity index is 462. The van der Waals surface area contributed by atoms with Gasteiger partial charge in [-0.05, 0) is 35.6 Å². The van der Waals surface area contributed by atoms with Gasteiger partial charge in [-0.15, -0.1) is 11.3 Å². The number of aliphatic hydroxyl groups is 1. The van der Waals surface area contributed by atoms with Gasteiger partial charge in [0, 0.05) is 15.3 Å². The Labute approximate surface area is 87.0 Å². The SMILES string of the molecule is CCc1c(CO)sc2ccc(N)cc12. The van der Waals surface area contributed by atoms with Crippen LogP contribution < -0.4 is 5.73 Å². The van der Waals surface area contributed by atoms with Crippen molar-refractivity contribution in [2.24, 2.45) is 0 Å². The molecule has 1 heterocycles. The molecule has 0 amide bonds. The summed E-state index contributed by atoms with van der Waals surface area (Å²) in [6.45, 7) is 2.23. The second-order valence-electron chi connectivity index (χ2n) is 3.27. The molecule has 3 N–H and O–H groups in total. The summed E-state index contributed by atoms with van der Waals surface area (Å²) in [6, 6.07) is 5.91. The monoisotopic (exact) mass is 207 g/mol. The minimum Gasteiger partial charge on any atom is -0.399 e. The van der Waals surface area contributed by atoms with E-state index in [1.807, 2.05) is 18.2 Å². The molecule has 1 aromatic carbocycles. The number of anilines is 1. The molecule has 0 unspecified atom stereocenters. The van der Waals surface area contributed by atoms with Crippen molar-refractivity contribution in [1.29, 1.82) is 0 Å². The molecule has 0 fully saturated rings. The number of benzene rings is 1. The van der Waals surface area contributed by atoms with Crippen LogP contribution in [0.1, 0.15) is 17.4 Å².